The Bertz CT molecular complexity index is 779. The lowest BCUT2D eigenvalue weighted by molar-refractivity contribution is -0.280. The van der Waals surface area contributed by atoms with E-state index < -0.39 is 58.8 Å². The number of aliphatic hydroxyl groups is 7. The minimum atomic E-state index is -1.36. The summed E-state index contributed by atoms with van der Waals surface area (Å²) in [6, 6.07) is 0. The first kappa shape index (κ1) is 28.7. The summed E-state index contributed by atoms with van der Waals surface area (Å²) >= 11 is 0. The Labute approximate surface area is 216 Å². The smallest absolute Gasteiger partial charge is 0.0863 e. The highest BCUT2D eigenvalue weighted by Gasteiger charge is 2.73. The van der Waals surface area contributed by atoms with Gasteiger partial charge in [0.1, 0.15) is 0 Å². The summed E-state index contributed by atoms with van der Waals surface area (Å²) < 4.78 is 0. The van der Waals surface area contributed by atoms with Gasteiger partial charge in [0.15, 0.2) is 0 Å². The first-order valence-electron chi connectivity index (χ1n) is 14.5. The van der Waals surface area contributed by atoms with Crippen LogP contribution in [-0.4, -0.2) is 78.5 Å². The summed E-state index contributed by atoms with van der Waals surface area (Å²) in [6.45, 7) is 10.7. The van der Waals surface area contributed by atoms with Gasteiger partial charge in [0.2, 0.25) is 0 Å². The van der Waals surface area contributed by atoms with Crippen LogP contribution in [0, 0.1) is 52.3 Å². The summed E-state index contributed by atoms with van der Waals surface area (Å²) in [5.74, 6) is -0.733. The number of hydrogen-bond acceptors (Lipinski definition) is 7. The normalized spacial score (nSPS) is 53.2. The van der Waals surface area contributed by atoms with Crippen LogP contribution >= 0.6 is 0 Å². The zero-order chi connectivity index (χ0) is 26.8. The fourth-order valence-corrected chi connectivity index (χ4v) is 10.3. The van der Waals surface area contributed by atoms with E-state index in [9.17, 15) is 35.7 Å². The minimum Gasteiger partial charge on any atom is -0.396 e. The van der Waals surface area contributed by atoms with Crippen molar-refractivity contribution in [1.29, 1.82) is 0 Å². The van der Waals surface area contributed by atoms with Crippen molar-refractivity contribution in [3.63, 3.8) is 0 Å². The quantitative estimate of drug-likeness (QED) is 0.277. The highest BCUT2D eigenvalue weighted by molar-refractivity contribution is 5.22. The Balaban J connectivity index is 1.62. The molecule has 7 nitrogen and oxygen atoms in total. The second-order valence-corrected chi connectivity index (χ2v) is 13.9. The van der Waals surface area contributed by atoms with Crippen molar-refractivity contribution in [3.8, 4) is 0 Å². The monoisotopic (exact) mass is 512 g/mol. The van der Waals surface area contributed by atoms with E-state index >= 15 is 0 Å². The second kappa shape index (κ2) is 10.0. The van der Waals surface area contributed by atoms with E-state index in [4.69, 9.17) is 0 Å². The van der Waals surface area contributed by atoms with Crippen molar-refractivity contribution < 1.29 is 35.7 Å². The first-order valence-corrected chi connectivity index (χ1v) is 14.5. The van der Waals surface area contributed by atoms with E-state index in [2.05, 4.69) is 27.7 Å². The van der Waals surface area contributed by atoms with Gasteiger partial charge in [-0.1, -0.05) is 47.5 Å². The molecular formula is C29H52O7. The van der Waals surface area contributed by atoms with Crippen LogP contribution in [0.15, 0.2) is 0 Å². The highest BCUT2D eigenvalue weighted by atomic mass is 16.3. The van der Waals surface area contributed by atoms with Gasteiger partial charge in [0.05, 0.1) is 36.1 Å². The molecule has 15 unspecified atom stereocenters. The van der Waals surface area contributed by atoms with E-state index in [1.165, 1.54) is 0 Å². The fourth-order valence-electron chi connectivity index (χ4n) is 10.3. The molecule has 7 N–H and O–H groups in total. The molecule has 0 aliphatic heterocycles. The maximum absolute atomic E-state index is 12.4. The average Bonchev–Trinajstić information content (AvgIpc) is 3.02. The predicted molar refractivity (Wildman–Crippen MR) is 137 cm³/mol. The third kappa shape index (κ3) is 4.11. The molecule has 4 fully saturated rings. The molecule has 4 saturated carbocycles. The van der Waals surface area contributed by atoms with Crippen LogP contribution in [0.1, 0.15) is 86.0 Å². The maximum Gasteiger partial charge on any atom is 0.0863 e. The molecule has 0 aromatic heterocycles. The number of fused-ring (bicyclic) bond motifs is 5. The zero-order valence-electron chi connectivity index (χ0n) is 22.9. The van der Waals surface area contributed by atoms with Crippen LogP contribution in [0.2, 0.25) is 0 Å². The molecule has 15 atom stereocenters. The molecule has 4 rings (SSSR count). The Morgan fingerprint density at radius 1 is 0.833 bits per heavy atom. The Morgan fingerprint density at radius 2 is 1.47 bits per heavy atom. The molecule has 36 heavy (non-hydrogen) atoms. The van der Waals surface area contributed by atoms with Crippen molar-refractivity contribution >= 4 is 0 Å². The Hall–Kier alpha value is -0.280. The van der Waals surface area contributed by atoms with E-state index in [1.54, 1.807) is 0 Å². The van der Waals surface area contributed by atoms with Gasteiger partial charge >= 0.3 is 0 Å². The SMILES string of the molecule is CCC(CCC(C)C1C(O)C(O)C2C1(C)CCC1C3(C)CCC(O)C(O)C3C(O)CC12O)C(C)CO. The second-order valence-electron chi connectivity index (χ2n) is 13.9. The molecule has 0 spiro atoms. The largest absolute Gasteiger partial charge is 0.396 e. The minimum absolute atomic E-state index is 0.0404. The van der Waals surface area contributed by atoms with Crippen LogP contribution in [0.4, 0.5) is 0 Å². The van der Waals surface area contributed by atoms with E-state index in [1.807, 2.05) is 6.92 Å². The Kier molecular flexibility index (Phi) is 8.01. The molecule has 0 radical (unpaired) electrons. The first-order chi connectivity index (χ1) is 16.8. The molecule has 0 saturated heterocycles. The molecule has 4 aliphatic carbocycles. The lowest BCUT2D eigenvalue weighted by Crippen LogP contribution is -2.71. The molecule has 0 amide bonds. The van der Waals surface area contributed by atoms with Crippen LogP contribution in [0.3, 0.4) is 0 Å². The van der Waals surface area contributed by atoms with Gasteiger partial charge in [0, 0.05) is 24.9 Å². The molecule has 7 heteroatoms. The standard InChI is InChI=1S/C29H52O7/c1-6-17(16(3)14-30)8-7-15(2)21-24(34)25(35)26-28(21,5)12-10-20-27(4)11-9-18(31)23(33)22(27)19(32)13-29(20,26)36/h15-26,30-36H,6-14H2,1-5H3. The van der Waals surface area contributed by atoms with Crippen molar-refractivity contribution in [1.82, 2.24) is 0 Å². The van der Waals surface area contributed by atoms with Crippen molar-refractivity contribution in [3.05, 3.63) is 0 Å². The molecule has 0 bridgehead atoms. The molecule has 0 aromatic carbocycles. The lowest BCUT2D eigenvalue weighted by Gasteiger charge is -2.66. The molecule has 210 valence electrons. The number of hydrogen-bond donors (Lipinski definition) is 7. The van der Waals surface area contributed by atoms with Gasteiger partial charge in [0.25, 0.3) is 0 Å². The highest BCUT2D eigenvalue weighted by Crippen LogP contribution is 2.69. The van der Waals surface area contributed by atoms with E-state index in [-0.39, 0.29) is 36.7 Å². The topological polar surface area (TPSA) is 142 Å². The summed E-state index contributed by atoms with van der Waals surface area (Å²) in [6.07, 6.45) is 0.418. The third-order valence-corrected chi connectivity index (χ3v) is 12.1. The lowest BCUT2D eigenvalue weighted by atomic mass is 9.41. The summed E-state index contributed by atoms with van der Waals surface area (Å²) in [7, 11) is 0. The average molecular weight is 513 g/mol. The molecule has 0 aromatic rings. The summed E-state index contributed by atoms with van der Waals surface area (Å²) in [4.78, 5) is 0. The fraction of sp³-hybridized carbons (Fsp3) is 1.00. The molecule has 0 heterocycles. The number of rotatable bonds is 7. The van der Waals surface area contributed by atoms with Crippen molar-refractivity contribution in [2.45, 2.75) is 122 Å². The van der Waals surface area contributed by atoms with Gasteiger partial charge in [-0.15, -0.1) is 0 Å². The van der Waals surface area contributed by atoms with E-state index in [0.717, 1.165) is 25.7 Å². The maximum atomic E-state index is 12.4. The Morgan fingerprint density at radius 3 is 2.08 bits per heavy atom. The van der Waals surface area contributed by atoms with Gasteiger partial charge in [-0.05, 0) is 72.5 Å². The van der Waals surface area contributed by atoms with Crippen LogP contribution < -0.4 is 0 Å². The van der Waals surface area contributed by atoms with Crippen molar-refractivity contribution in [2.75, 3.05) is 6.61 Å². The molecular weight excluding hydrogens is 460 g/mol. The van der Waals surface area contributed by atoms with Gasteiger partial charge in [-0.2, -0.15) is 0 Å². The van der Waals surface area contributed by atoms with Crippen molar-refractivity contribution in [2.24, 2.45) is 52.3 Å². The zero-order valence-corrected chi connectivity index (χ0v) is 22.9. The summed E-state index contributed by atoms with van der Waals surface area (Å²) in [5, 5.41) is 77.3. The van der Waals surface area contributed by atoms with E-state index in [0.29, 0.717) is 25.2 Å². The van der Waals surface area contributed by atoms with Gasteiger partial charge in [-0.25, -0.2) is 0 Å². The third-order valence-electron chi connectivity index (χ3n) is 12.1. The van der Waals surface area contributed by atoms with Crippen LogP contribution in [0.25, 0.3) is 0 Å². The van der Waals surface area contributed by atoms with Crippen LogP contribution in [0.5, 0.6) is 0 Å². The number of aliphatic hydroxyl groups excluding tert-OH is 6. The van der Waals surface area contributed by atoms with Crippen LogP contribution in [-0.2, 0) is 0 Å². The summed E-state index contributed by atoms with van der Waals surface area (Å²) in [5.41, 5.74) is -2.40. The predicted octanol–water partition coefficient (Wildman–Crippen LogP) is 2.08. The molecule has 4 aliphatic rings. The van der Waals surface area contributed by atoms with Gasteiger partial charge in [-0.3, -0.25) is 0 Å². The van der Waals surface area contributed by atoms with Gasteiger partial charge < -0.3 is 35.7 Å².